The number of nitrogens with zero attached hydrogens (tertiary/aromatic N) is 2. The Labute approximate surface area is 261 Å². The van der Waals surface area contributed by atoms with Crippen molar-refractivity contribution in [3.05, 3.63) is 112 Å². The van der Waals surface area contributed by atoms with E-state index in [9.17, 15) is 19.6 Å². The fraction of sp³-hybridized carbons (Fsp3) is 0.286. The molecule has 2 atom stereocenters. The van der Waals surface area contributed by atoms with Gasteiger partial charge in [-0.2, -0.15) is 5.26 Å². The first-order valence-electron chi connectivity index (χ1n) is 14.5. The molecule has 0 spiro atoms. The molecule has 0 amide bonds. The molecule has 5 rings (SSSR count). The van der Waals surface area contributed by atoms with Crippen LogP contribution < -0.4 is 14.8 Å². The number of aliphatic hydroxyl groups is 1. The molecule has 0 fully saturated rings. The molecule has 1 heterocycles. The summed E-state index contributed by atoms with van der Waals surface area (Å²) < 4.78 is 27.3. The molecular formula is C35H33ClFN3O4. The number of pyridine rings is 1. The van der Waals surface area contributed by atoms with Crippen LogP contribution >= 0.6 is 11.6 Å². The maximum atomic E-state index is 14.6. The van der Waals surface area contributed by atoms with Gasteiger partial charge in [0.15, 0.2) is 0 Å². The Morgan fingerprint density at radius 2 is 1.98 bits per heavy atom. The zero-order valence-corrected chi connectivity index (χ0v) is 25.1. The summed E-state index contributed by atoms with van der Waals surface area (Å²) in [5.74, 6) is 0.578. The van der Waals surface area contributed by atoms with Gasteiger partial charge in [0.1, 0.15) is 41.9 Å². The topological polar surface area (TPSA) is 104 Å². The fourth-order valence-electron chi connectivity index (χ4n) is 5.41. The molecule has 0 radical (unpaired) electrons. The van der Waals surface area contributed by atoms with Crippen LogP contribution in [0.5, 0.6) is 11.5 Å². The van der Waals surface area contributed by atoms with Gasteiger partial charge in [0, 0.05) is 54.7 Å². The minimum Gasteiger partial charge on any atom is -0.488 e. The van der Waals surface area contributed by atoms with Crippen LogP contribution in [0.1, 0.15) is 53.7 Å². The van der Waals surface area contributed by atoms with E-state index in [1.165, 1.54) is 12.3 Å². The standard InChI is InChI=1S/C35H33ClFN3O4/c1-22(20-41)11-26(42)19-40-18-25-13-31(36)35(14-34(25)43-21-24-12-23(15-38)16-39-17-24)44-33-10-9-28-27(6-4-7-30(28)33)29-5-2-3-8-32(29)37/h2-8,12-14,16-17,22,33,40-41H,9-11,18-21H2,1H3/t22-,33-/m0/s1. The number of carbonyl (C=O) groups is 1. The first kappa shape index (κ1) is 31.1. The third-order valence-electron chi connectivity index (χ3n) is 7.61. The quantitative estimate of drug-likeness (QED) is 0.172. The normalized spacial score (nSPS) is 14.5. The lowest BCUT2D eigenvalue weighted by Crippen LogP contribution is -2.24. The SMILES string of the molecule is C[C@H](CO)CC(=O)CNCc1cc(Cl)c(O[C@H]2CCc3c(-c4ccccc4F)cccc32)cc1OCc1cncc(C#N)c1. The maximum Gasteiger partial charge on any atom is 0.146 e. The van der Waals surface area contributed by atoms with Gasteiger partial charge in [-0.25, -0.2) is 4.39 Å². The summed E-state index contributed by atoms with van der Waals surface area (Å²) in [5.41, 5.74) is 5.35. The summed E-state index contributed by atoms with van der Waals surface area (Å²) in [6.07, 6.45) is 4.56. The molecule has 0 unspecified atom stereocenters. The van der Waals surface area contributed by atoms with Crippen molar-refractivity contribution in [3.8, 4) is 28.7 Å². The van der Waals surface area contributed by atoms with Crippen molar-refractivity contribution in [2.45, 2.75) is 45.4 Å². The lowest BCUT2D eigenvalue weighted by atomic mass is 9.96. The molecule has 0 aliphatic heterocycles. The van der Waals surface area contributed by atoms with Gasteiger partial charge in [-0.1, -0.05) is 54.9 Å². The van der Waals surface area contributed by atoms with Crippen molar-refractivity contribution in [2.24, 2.45) is 5.92 Å². The van der Waals surface area contributed by atoms with Gasteiger partial charge in [-0.15, -0.1) is 0 Å². The number of benzene rings is 3. The highest BCUT2D eigenvalue weighted by Crippen LogP contribution is 2.43. The zero-order chi connectivity index (χ0) is 31.1. The van der Waals surface area contributed by atoms with Crippen LogP contribution in [0.4, 0.5) is 4.39 Å². The largest absolute Gasteiger partial charge is 0.488 e. The molecule has 1 aliphatic carbocycles. The summed E-state index contributed by atoms with van der Waals surface area (Å²) in [6, 6.07) is 19.9. The Balaban J connectivity index is 1.38. The Morgan fingerprint density at radius 1 is 1.16 bits per heavy atom. The van der Waals surface area contributed by atoms with Crippen LogP contribution in [-0.2, 0) is 24.4 Å². The molecule has 0 bridgehead atoms. The van der Waals surface area contributed by atoms with E-state index >= 15 is 0 Å². The highest BCUT2D eigenvalue weighted by atomic mass is 35.5. The minimum atomic E-state index is -0.284. The number of ketones is 1. The van der Waals surface area contributed by atoms with Gasteiger partial charge in [0.2, 0.25) is 0 Å². The number of rotatable bonds is 13. The molecular weight excluding hydrogens is 581 g/mol. The monoisotopic (exact) mass is 613 g/mol. The number of aromatic nitrogens is 1. The van der Waals surface area contributed by atoms with Gasteiger partial charge in [-0.05, 0) is 53.6 Å². The van der Waals surface area contributed by atoms with E-state index in [0.717, 1.165) is 34.2 Å². The van der Waals surface area contributed by atoms with Gasteiger partial charge >= 0.3 is 0 Å². The molecule has 1 aromatic heterocycles. The molecule has 9 heteroatoms. The second kappa shape index (κ2) is 14.5. The third-order valence-corrected chi connectivity index (χ3v) is 7.90. The summed E-state index contributed by atoms with van der Waals surface area (Å²) in [6.45, 7) is 2.38. The Bertz CT molecular complexity index is 1690. The zero-order valence-electron chi connectivity index (χ0n) is 24.4. The Kier molecular flexibility index (Phi) is 10.2. The molecule has 4 aromatic rings. The van der Waals surface area contributed by atoms with Gasteiger partial charge < -0.3 is 19.9 Å². The first-order chi connectivity index (χ1) is 21.4. The van der Waals surface area contributed by atoms with Crippen LogP contribution in [0.15, 0.2) is 73.1 Å². The van der Waals surface area contributed by atoms with E-state index in [4.69, 9.17) is 21.1 Å². The van der Waals surface area contributed by atoms with Crippen LogP contribution in [0, 0.1) is 23.1 Å². The average molecular weight is 614 g/mol. The first-order valence-corrected chi connectivity index (χ1v) is 14.9. The highest BCUT2D eigenvalue weighted by Gasteiger charge is 2.28. The van der Waals surface area contributed by atoms with Crippen molar-refractivity contribution in [2.75, 3.05) is 13.2 Å². The molecule has 226 valence electrons. The smallest absolute Gasteiger partial charge is 0.146 e. The number of aliphatic hydroxyl groups excluding tert-OH is 1. The second-order valence-corrected chi connectivity index (χ2v) is 11.4. The number of fused-ring (bicyclic) bond motifs is 1. The molecule has 1 aliphatic rings. The van der Waals surface area contributed by atoms with Gasteiger partial charge in [0.25, 0.3) is 0 Å². The van der Waals surface area contributed by atoms with Crippen molar-refractivity contribution < 1.29 is 23.8 Å². The lowest BCUT2D eigenvalue weighted by Gasteiger charge is -2.20. The molecule has 7 nitrogen and oxygen atoms in total. The van der Waals surface area contributed by atoms with E-state index in [1.54, 1.807) is 36.5 Å². The number of ether oxygens (including phenoxy) is 2. The predicted molar refractivity (Wildman–Crippen MR) is 166 cm³/mol. The van der Waals surface area contributed by atoms with Crippen molar-refractivity contribution in [3.63, 3.8) is 0 Å². The summed E-state index contributed by atoms with van der Waals surface area (Å²) in [4.78, 5) is 16.4. The lowest BCUT2D eigenvalue weighted by molar-refractivity contribution is -0.119. The molecule has 44 heavy (non-hydrogen) atoms. The van der Waals surface area contributed by atoms with Crippen LogP contribution in [0.3, 0.4) is 0 Å². The van der Waals surface area contributed by atoms with E-state index in [1.807, 2.05) is 31.2 Å². The number of nitriles is 1. The Hall–Kier alpha value is -4.29. The molecule has 0 saturated heterocycles. The van der Waals surface area contributed by atoms with Crippen molar-refractivity contribution in [1.29, 1.82) is 5.26 Å². The highest BCUT2D eigenvalue weighted by molar-refractivity contribution is 6.32. The fourth-order valence-corrected chi connectivity index (χ4v) is 5.64. The number of halogens is 2. The number of hydrogen-bond acceptors (Lipinski definition) is 7. The summed E-state index contributed by atoms with van der Waals surface area (Å²) in [7, 11) is 0. The number of hydrogen-bond donors (Lipinski definition) is 2. The van der Waals surface area contributed by atoms with Gasteiger partial charge in [-0.3, -0.25) is 9.78 Å². The predicted octanol–water partition coefficient (Wildman–Crippen LogP) is 6.74. The third kappa shape index (κ3) is 7.43. The summed E-state index contributed by atoms with van der Waals surface area (Å²) in [5, 5.41) is 22.0. The van der Waals surface area contributed by atoms with E-state index in [-0.39, 0.29) is 49.8 Å². The van der Waals surface area contributed by atoms with E-state index in [0.29, 0.717) is 40.6 Å². The summed E-state index contributed by atoms with van der Waals surface area (Å²) >= 11 is 6.74. The molecule has 0 saturated carbocycles. The second-order valence-electron chi connectivity index (χ2n) is 11.0. The van der Waals surface area contributed by atoms with E-state index < -0.39 is 0 Å². The van der Waals surface area contributed by atoms with Crippen LogP contribution in [-0.4, -0.2) is 29.0 Å². The van der Waals surface area contributed by atoms with E-state index in [2.05, 4.69) is 16.4 Å². The van der Waals surface area contributed by atoms with Crippen LogP contribution in [0.25, 0.3) is 11.1 Å². The molecule has 2 N–H and O–H groups in total. The van der Waals surface area contributed by atoms with Crippen molar-refractivity contribution >= 4 is 17.4 Å². The number of carbonyl (C=O) groups excluding carboxylic acids is 1. The Morgan fingerprint density at radius 3 is 2.77 bits per heavy atom. The van der Waals surface area contributed by atoms with Crippen LogP contribution in [0.2, 0.25) is 5.02 Å². The maximum absolute atomic E-state index is 14.6. The number of Topliss-reactive ketones (excluding diaryl/α,β-unsaturated/α-hetero) is 1. The molecule has 3 aromatic carbocycles. The average Bonchev–Trinajstić information content (AvgIpc) is 3.44. The van der Waals surface area contributed by atoms with Crippen molar-refractivity contribution in [1.82, 2.24) is 10.3 Å². The number of nitrogens with one attached hydrogen (secondary N) is 1. The van der Waals surface area contributed by atoms with Gasteiger partial charge in [0.05, 0.1) is 17.1 Å². The minimum absolute atomic E-state index is 0.00545.